The number of nitro benzene ring substituents is 1. The van der Waals surface area contributed by atoms with E-state index in [2.05, 4.69) is 73.9 Å². The van der Waals surface area contributed by atoms with E-state index in [4.69, 9.17) is 4.63 Å². The lowest BCUT2D eigenvalue weighted by atomic mass is 9.46. The van der Waals surface area contributed by atoms with Crippen molar-refractivity contribution >= 4 is 34.2 Å². The summed E-state index contributed by atoms with van der Waals surface area (Å²) in [5.41, 5.74) is 3.65. The number of benzene rings is 1. The Kier molecular flexibility index (Phi) is 12.4. The third-order valence-electron chi connectivity index (χ3n) is 14.7. The lowest BCUT2D eigenvalue weighted by Gasteiger charge is -2.59. The number of carbonyl (C=O) groups is 2. The number of hydrogen-bond donors (Lipinski definition) is 3. The number of carbonyl (C=O) groups excluding carboxylic acids is 2. The molecule has 1 aromatic carbocycles. The van der Waals surface area contributed by atoms with Gasteiger partial charge >= 0.3 is 5.69 Å². The number of aromatic nitrogens is 2. The molecular weight excluding hydrogens is 681 g/mol. The largest absolute Gasteiger partial charge is 0.383 e. The van der Waals surface area contributed by atoms with Gasteiger partial charge in [0.2, 0.25) is 17.3 Å². The maximum atomic E-state index is 13.0. The number of fused-ring (bicyclic) bond motifs is 6. The normalized spacial score (nSPS) is 29.2. The molecule has 7 atom stereocenters. The summed E-state index contributed by atoms with van der Waals surface area (Å²) in [5, 5.41) is 28.1. The summed E-state index contributed by atoms with van der Waals surface area (Å²) >= 11 is 0. The van der Waals surface area contributed by atoms with Crippen molar-refractivity contribution in [1.82, 2.24) is 20.9 Å². The molecule has 4 aliphatic carbocycles. The number of nitrogens with zero attached hydrogens (tertiary/aromatic N) is 3. The van der Waals surface area contributed by atoms with E-state index < -0.39 is 4.92 Å². The molecule has 0 bridgehead atoms. The van der Waals surface area contributed by atoms with Crippen LogP contribution in [0.5, 0.6) is 0 Å². The second kappa shape index (κ2) is 16.7. The van der Waals surface area contributed by atoms with Gasteiger partial charge in [0.1, 0.15) is 0 Å². The van der Waals surface area contributed by atoms with Gasteiger partial charge in [-0.3, -0.25) is 19.7 Å². The van der Waals surface area contributed by atoms with Crippen molar-refractivity contribution in [3.63, 3.8) is 0 Å². The zero-order valence-electron chi connectivity index (χ0n) is 33.8. The second-order valence-electron chi connectivity index (χ2n) is 18.9. The summed E-state index contributed by atoms with van der Waals surface area (Å²) in [7, 11) is 0. The number of rotatable bonds is 17. The zero-order chi connectivity index (χ0) is 38.7. The molecule has 0 spiro atoms. The van der Waals surface area contributed by atoms with E-state index in [1.165, 1.54) is 57.4 Å². The fourth-order valence-electron chi connectivity index (χ4n) is 11.9. The van der Waals surface area contributed by atoms with E-state index in [-0.39, 0.29) is 34.5 Å². The monoisotopic (exact) mass is 747 g/mol. The molecule has 3 saturated carbocycles. The molecule has 3 N–H and O–H groups in total. The van der Waals surface area contributed by atoms with Crippen LogP contribution in [0.25, 0.3) is 11.0 Å². The van der Waals surface area contributed by atoms with E-state index in [1.807, 2.05) is 0 Å². The van der Waals surface area contributed by atoms with Crippen molar-refractivity contribution in [2.45, 2.75) is 150 Å². The Bertz CT molecular complexity index is 1680. The number of allylic oxidation sites excluding steroid dienone is 1. The quantitative estimate of drug-likeness (QED) is 0.0627. The lowest BCUT2D eigenvalue weighted by molar-refractivity contribution is -0.383. The van der Waals surface area contributed by atoms with Crippen LogP contribution in [-0.4, -0.2) is 46.2 Å². The van der Waals surface area contributed by atoms with Crippen LogP contribution in [0.4, 0.5) is 11.4 Å². The number of non-ortho nitro benzene ring substituents is 1. The van der Waals surface area contributed by atoms with Crippen molar-refractivity contribution in [1.29, 1.82) is 0 Å². The van der Waals surface area contributed by atoms with Gasteiger partial charge in [-0.2, -0.15) is 0 Å². The van der Waals surface area contributed by atoms with Gasteiger partial charge in [0.15, 0.2) is 5.52 Å². The molecule has 6 rings (SSSR count). The van der Waals surface area contributed by atoms with E-state index in [0.717, 1.165) is 68.1 Å². The number of unbranched alkanes of at least 4 members (excludes halogenated alkanes) is 2. The van der Waals surface area contributed by atoms with E-state index in [0.29, 0.717) is 48.0 Å². The Morgan fingerprint density at radius 3 is 2.54 bits per heavy atom. The van der Waals surface area contributed by atoms with Gasteiger partial charge in [-0.1, -0.05) is 72.5 Å². The first kappa shape index (κ1) is 40.2. The minimum Gasteiger partial charge on any atom is -0.383 e. The summed E-state index contributed by atoms with van der Waals surface area (Å²) in [6, 6.07) is 3.17. The molecule has 1 aromatic heterocycles. The zero-order valence-corrected chi connectivity index (χ0v) is 33.8. The molecule has 0 radical (unpaired) electrons. The van der Waals surface area contributed by atoms with Gasteiger partial charge in [0.25, 0.3) is 0 Å². The first-order chi connectivity index (χ1) is 25.7. The van der Waals surface area contributed by atoms with E-state index in [9.17, 15) is 19.7 Å². The van der Waals surface area contributed by atoms with Crippen LogP contribution < -0.4 is 16.0 Å². The predicted octanol–water partition coefficient (Wildman–Crippen LogP) is 9.53. The van der Waals surface area contributed by atoms with Crippen molar-refractivity contribution in [3.8, 4) is 0 Å². The molecule has 11 nitrogen and oxygen atoms in total. The summed E-state index contributed by atoms with van der Waals surface area (Å²) in [6.07, 6.45) is 19.6. The highest BCUT2D eigenvalue weighted by molar-refractivity contribution is 5.93. The predicted molar refractivity (Wildman–Crippen MR) is 213 cm³/mol. The molecule has 11 heteroatoms. The first-order valence-corrected chi connectivity index (χ1v) is 21.1. The topological polar surface area (TPSA) is 152 Å². The molecular formula is C43H66N6O5. The van der Waals surface area contributed by atoms with Gasteiger partial charge in [-0.15, -0.1) is 0 Å². The Morgan fingerprint density at radius 1 is 0.963 bits per heavy atom. The van der Waals surface area contributed by atoms with Crippen LogP contribution in [0.2, 0.25) is 0 Å². The Labute approximate surface area is 322 Å². The molecule has 0 saturated heterocycles. The van der Waals surface area contributed by atoms with E-state index >= 15 is 0 Å². The van der Waals surface area contributed by atoms with Crippen LogP contribution in [0.1, 0.15) is 144 Å². The van der Waals surface area contributed by atoms with Crippen LogP contribution in [0, 0.1) is 55.9 Å². The second-order valence-corrected chi connectivity index (χ2v) is 18.9. The number of nitrogens with one attached hydrogen (secondary N) is 3. The maximum Gasteiger partial charge on any atom is 0.300 e. The van der Waals surface area contributed by atoms with Gasteiger partial charge in [-0.25, -0.2) is 4.63 Å². The van der Waals surface area contributed by atoms with Crippen LogP contribution in [0.15, 0.2) is 28.4 Å². The SMILES string of the molecule is CC(C)CCCC(C)(C)[C@H]1CCC2C3CC=C4C[C@@H](NC(=O)CCNC(=O)CCCCCNc5ccc([N+](=O)[O-])c6nonc56)CC[C@]4(C)C3CC[C@@]21C. The molecule has 2 aromatic rings. The first-order valence-electron chi connectivity index (χ1n) is 21.1. The molecule has 298 valence electrons. The minimum absolute atomic E-state index is 0.0216. The van der Waals surface area contributed by atoms with Crippen molar-refractivity contribution < 1.29 is 19.1 Å². The van der Waals surface area contributed by atoms with Gasteiger partial charge in [0.05, 0.1) is 10.6 Å². The average Bonchev–Trinajstić information content (AvgIpc) is 3.75. The van der Waals surface area contributed by atoms with Gasteiger partial charge in [-0.05, 0) is 133 Å². The Hall–Kier alpha value is -3.50. The maximum absolute atomic E-state index is 13.0. The van der Waals surface area contributed by atoms with Crippen molar-refractivity contribution in [2.75, 3.05) is 18.4 Å². The number of hydrogen-bond acceptors (Lipinski definition) is 8. The molecule has 3 unspecified atom stereocenters. The van der Waals surface area contributed by atoms with Gasteiger partial charge in [0, 0.05) is 38.0 Å². The van der Waals surface area contributed by atoms with Crippen LogP contribution in [-0.2, 0) is 9.59 Å². The Morgan fingerprint density at radius 2 is 1.76 bits per heavy atom. The highest BCUT2D eigenvalue weighted by Gasteiger charge is 2.60. The minimum atomic E-state index is -0.509. The summed E-state index contributed by atoms with van der Waals surface area (Å²) in [5.74, 6) is 4.00. The molecule has 3 fully saturated rings. The molecule has 4 aliphatic rings. The average molecular weight is 747 g/mol. The molecule has 1 heterocycles. The highest BCUT2D eigenvalue weighted by Crippen LogP contribution is 2.68. The van der Waals surface area contributed by atoms with E-state index in [1.54, 1.807) is 11.6 Å². The number of amides is 2. The lowest BCUT2D eigenvalue weighted by Crippen LogP contribution is -2.52. The summed E-state index contributed by atoms with van der Waals surface area (Å²) in [6.45, 7) is 16.1. The van der Waals surface area contributed by atoms with Crippen molar-refractivity contribution in [3.05, 3.63) is 33.9 Å². The number of nitro groups is 1. The summed E-state index contributed by atoms with van der Waals surface area (Å²) < 4.78 is 4.71. The van der Waals surface area contributed by atoms with Crippen LogP contribution in [0.3, 0.4) is 0 Å². The van der Waals surface area contributed by atoms with Gasteiger partial charge < -0.3 is 16.0 Å². The van der Waals surface area contributed by atoms with Crippen LogP contribution >= 0.6 is 0 Å². The third-order valence-corrected chi connectivity index (χ3v) is 14.7. The smallest absolute Gasteiger partial charge is 0.300 e. The molecule has 2 amide bonds. The fourth-order valence-corrected chi connectivity index (χ4v) is 11.9. The molecule has 0 aliphatic heterocycles. The summed E-state index contributed by atoms with van der Waals surface area (Å²) in [4.78, 5) is 36.1. The Balaban J connectivity index is 0.888. The third kappa shape index (κ3) is 8.49. The highest BCUT2D eigenvalue weighted by atomic mass is 16.6. The number of anilines is 1. The van der Waals surface area contributed by atoms with Crippen molar-refractivity contribution in [2.24, 2.45) is 45.8 Å². The molecule has 54 heavy (non-hydrogen) atoms. The fraction of sp³-hybridized carbons (Fsp3) is 0.767. The standard InChI is InChI=1S/C43H66N6O5/c1-28(2)11-10-22-41(3,4)36-18-15-32-31-14-13-29-27-30(19-23-42(29,5)33(31)20-24-43(32,36)6)46-38(51)21-26-45-37(50)12-8-7-9-25-44-34-16-17-35(49(52)53)40-39(34)47-54-48-40/h13,16-17,28,30-33,36,44H,7-12,14-15,18-27H2,1-6H3,(H,45,50)(H,46,51)/t30-,31?,32?,33?,36+,42-,43-/m0/s1.